The fourth-order valence-electron chi connectivity index (χ4n) is 5.56. The molecular weight excluding hydrogens is 379 g/mol. The molecule has 0 spiro atoms. The predicted octanol–water partition coefficient (Wildman–Crippen LogP) is 4.95. The van der Waals surface area contributed by atoms with Gasteiger partial charge in [-0.25, -0.2) is 9.18 Å². The van der Waals surface area contributed by atoms with E-state index in [0.717, 1.165) is 51.9 Å². The topological polar surface area (TPSA) is 50.6 Å². The normalized spacial score (nSPS) is 29.6. The molecule has 3 unspecified atom stereocenters. The lowest BCUT2D eigenvalue weighted by Crippen LogP contribution is -2.59. The number of rotatable bonds is 4. The van der Waals surface area contributed by atoms with E-state index in [1.165, 1.54) is 19.3 Å². The van der Waals surface area contributed by atoms with Gasteiger partial charge in [0, 0.05) is 55.9 Å². The van der Waals surface area contributed by atoms with E-state index in [9.17, 15) is 4.79 Å². The fraction of sp³-hybridized carbons (Fsp3) is 0.917. The van der Waals surface area contributed by atoms with Crippen LogP contribution in [0.15, 0.2) is 0 Å². The van der Waals surface area contributed by atoms with Crippen molar-refractivity contribution in [2.75, 3.05) is 32.7 Å². The molecule has 5 nitrogen and oxygen atoms in total. The summed E-state index contributed by atoms with van der Waals surface area (Å²) in [5.74, 6) is 0.00268. The summed E-state index contributed by atoms with van der Waals surface area (Å²) in [6.45, 7) is 12.4. The molecule has 1 saturated heterocycles. The molecule has 0 aromatic heterocycles. The van der Waals surface area contributed by atoms with Crippen LogP contribution in [0.1, 0.15) is 79.1 Å². The van der Waals surface area contributed by atoms with Crippen molar-refractivity contribution < 1.29 is 9.18 Å². The van der Waals surface area contributed by atoms with E-state index in [0.29, 0.717) is 18.7 Å². The summed E-state index contributed by atoms with van der Waals surface area (Å²) < 4.78 is 15.0. The van der Waals surface area contributed by atoms with Crippen molar-refractivity contribution in [2.24, 2.45) is 11.8 Å². The van der Waals surface area contributed by atoms with Crippen molar-refractivity contribution in [1.29, 1.82) is 5.41 Å². The second kappa shape index (κ2) is 9.97. The van der Waals surface area contributed by atoms with Crippen LogP contribution in [0.4, 0.5) is 9.18 Å². The van der Waals surface area contributed by atoms with Gasteiger partial charge in [0.2, 0.25) is 0 Å². The van der Waals surface area contributed by atoms with Crippen molar-refractivity contribution in [1.82, 2.24) is 14.7 Å². The highest BCUT2D eigenvalue weighted by Crippen LogP contribution is 2.34. The second-order valence-corrected chi connectivity index (χ2v) is 10.8. The largest absolute Gasteiger partial charge is 0.322 e. The van der Waals surface area contributed by atoms with Crippen LogP contribution < -0.4 is 0 Å². The summed E-state index contributed by atoms with van der Waals surface area (Å²) in [4.78, 5) is 20.1. The van der Waals surface area contributed by atoms with E-state index in [1.807, 2.05) is 4.90 Å². The summed E-state index contributed by atoms with van der Waals surface area (Å²) in [6, 6.07) is 0.398. The van der Waals surface area contributed by atoms with Gasteiger partial charge in [-0.05, 0) is 65.7 Å². The predicted molar refractivity (Wildman–Crippen MR) is 121 cm³/mol. The zero-order valence-corrected chi connectivity index (χ0v) is 19.6. The highest BCUT2D eigenvalue weighted by atomic mass is 19.1. The minimum absolute atomic E-state index is 0.0812. The van der Waals surface area contributed by atoms with Crippen LogP contribution in [0, 0.1) is 17.2 Å². The van der Waals surface area contributed by atoms with E-state index >= 15 is 4.39 Å². The van der Waals surface area contributed by atoms with Crippen LogP contribution in [-0.2, 0) is 0 Å². The zero-order chi connectivity index (χ0) is 21.9. The average Bonchev–Trinajstić information content (AvgIpc) is 2.72. The van der Waals surface area contributed by atoms with Gasteiger partial charge in [0.05, 0.1) is 0 Å². The Balaban J connectivity index is 1.65. The molecule has 3 rings (SSSR count). The third kappa shape index (κ3) is 5.74. The molecule has 2 amide bonds. The molecule has 6 heteroatoms. The lowest BCUT2D eigenvalue weighted by Gasteiger charge is -2.46. The molecule has 3 atom stereocenters. The molecule has 0 aromatic rings. The standard InChI is InChI=1S/C24H43FN4O/c1-18(26)19-10-11-20(22(25)16-19)17-29(21-8-6-5-7-9-21)23(30)27-12-14-28(15-13-27)24(2,3)4/h19-22,26H,5-17H2,1-4H3. The van der Waals surface area contributed by atoms with Crippen LogP contribution in [0.25, 0.3) is 0 Å². The molecule has 1 heterocycles. The Hall–Kier alpha value is -1.17. The van der Waals surface area contributed by atoms with Gasteiger partial charge in [-0.15, -0.1) is 0 Å². The maximum Gasteiger partial charge on any atom is 0.320 e. The number of nitrogens with one attached hydrogen (secondary N) is 1. The number of amides is 2. The number of hydrogen-bond donors (Lipinski definition) is 1. The monoisotopic (exact) mass is 422 g/mol. The number of urea groups is 1. The third-order valence-corrected chi connectivity index (χ3v) is 7.71. The molecule has 2 saturated carbocycles. The summed E-state index contributed by atoms with van der Waals surface area (Å²) in [5, 5.41) is 7.87. The summed E-state index contributed by atoms with van der Waals surface area (Å²) in [6.07, 6.45) is 6.93. The number of hydrogen-bond acceptors (Lipinski definition) is 3. The first-order valence-corrected chi connectivity index (χ1v) is 12.2. The van der Waals surface area contributed by atoms with Crippen LogP contribution in [0.5, 0.6) is 0 Å². The SMILES string of the molecule is CC(=N)C1CCC(CN(C(=O)N2CCN(C(C)(C)C)CC2)C2CCCCC2)C(F)C1. The van der Waals surface area contributed by atoms with Crippen LogP contribution in [0.3, 0.4) is 0 Å². The van der Waals surface area contributed by atoms with Gasteiger partial charge in [-0.1, -0.05) is 19.3 Å². The molecule has 3 aliphatic rings. The molecule has 0 aromatic carbocycles. The number of piperazine rings is 1. The number of carbonyl (C=O) groups is 1. The number of carbonyl (C=O) groups excluding carboxylic acids is 1. The van der Waals surface area contributed by atoms with Crippen molar-refractivity contribution in [3.63, 3.8) is 0 Å². The zero-order valence-electron chi connectivity index (χ0n) is 19.6. The lowest BCUT2D eigenvalue weighted by atomic mass is 9.78. The van der Waals surface area contributed by atoms with Crippen LogP contribution in [-0.4, -0.2) is 76.9 Å². The van der Waals surface area contributed by atoms with E-state index in [-0.39, 0.29) is 29.4 Å². The number of alkyl halides is 1. The van der Waals surface area contributed by atoms with E-state index in [2.05, 4.69) is 30.6 Å². The Morgan fingerprint density at radius 2 is 1.67 bits per heavy atom. The Bertz CT molecular complexity index is 591. The van der Waals surface area contributed by atoms with Crippen LogP contribution in [0.2, 0.25) is 0 Å². The summed E-state index contributed by atoms with van der Waals surface area (Å²) >= 11 is 0. The first-order chi connectivity index (χ1) is 14.2. The Kier molecular flexibility index (Phi) is 7.81. The Morgan fingerprint density at radius 3 is 2.20 bits per heavy atom. The minimum atomic E-state index is -0.902. The van der Waals surface area contributed by atoms with E-state index in [1.54, 1.807) is 6.92 Å². The van der Waals surface area contributed by atoms with Gasteiger partial charge in [0.15, 0.2) is 0 Å². The Labute approximate surface area is 182 Å². The molecule has 0 radical (unpaired) electrons. The highest BCUT2D eigenvalue weighted by Gasteiger charge is 2.38. The second-order valence-electron chi connectivity index (χ2n) is 10.8. The van der Waals surface area contributed by atoms with Crippen molar-refractivity contribution in [3.8, 4) is 0 Å². The quantitative estimate of drug-likeness (QED) is 0.652. The fourth-order valence-corrected chi connectivity index (χ4v) is 5.56. The van der Waals surface area contributed by atoms with Crippen molar-refractivity contribution >= 4 is 11.7 Å². The maximum absolute atomic E-state index is 15.0. The lowest BCUT2D eigenvalue weighted by molar-refractivity contribution is 0.0432. The maximum atomic E-state index is 15.0. The molecule has 172 valence electrons. The summed E-state index contributed by atoms with van der Waals surface area (Å²) in [5.41, 5.74) is 0.735. The molecule has 3 fully saturated rings. The number of nitrogens with zero attached hydrogens (tertiary/aromatic N) is 3. The molecular formula is C24H43FN4O. The van der Waals surface area contributed by atoms with Crippen molar-refractivity contribution in [2.45, 2.75) is 96.8 Å². The van der Waals surface area contributed by atoms with Crippen molar-refractivity contribution in [3.05, 3.63) is 0 Å². The summed E-state index contributed by atoms with van der Waals surface area (Å²) in [7, 11) is 0. The molecule has 30 heavy (non-hydrogen) atoms. The van der Waals surface area contributed by atoms with E-state index in [4.69, 9.17) is 5.41 Å². The molecule has 2 aliphatic carbocycles. The molecule has 1 aliphatic heterocycles. The van der Waals surface area contributed by atoms with Gasteiger partial charge in [0.25, 0.3) is 0 Å². The first-order valence-electron chi connectivity index (χ1n) is 12.2. The smallest absolute Gasteiger partial charge is 0.320 e. The average molecular weight is 423 g/mol. The molecule has 0 bridgehead atoms. The van der Waals surface area contributed by atoms with E-state index < -0.39 is 6.17 Å². The molecule has 1 N–H and O–H groups in total. The third-order valence-electron chi connectivity index (χ3n) is 7.71. The first kappa shape index (κ1) is 23.5. The van der Waals surface area contributed by atoms with Gasteiger partial charge in [-0.3, -0.25) is 4.90 Å². The van der Waals surface area contributed by atoms with Gasteiger partial charge in [-0.2, -0.15) is 0 Å². The van der Waals surface area contributed by atoms with Gasteiger partial charge < -0.3 is 15.2 Å². The van der Waals surface area contributed by atoms with Crippen LogP contribution >= 0.6 is 0 Å². The minimum Gasteiger partial charge on any atom is -0.322 e. The number of halogens is 1. The van der Waals surface area contributed by atoms with Gasteiger partial charge in [0.1, 0.15) is 6.17 Å². The van der Waals surface area contributed by atoms with Gasteiger partial charge >= 0.3 is 6.03 Å². The highest BCUT2D eigenvalue weighted by molar-refractivity contribution is 5.81. The Morgan fingerprint density at radius 1 is 1.03 bits per heavy atom.